The normalized spacial score (nSPS) is 13.9. The highest BCUT2D eigenvalue weighted by Crippen LogP contribution is 2.29. The van der Waals surface area contributed by atoms with Crippen molar-refractivity contribution < 1.29 is 28.9 Å². The molecule has 2 heterocycles. The lowest BCUT2D eigenvalue weighted by atomic mass is 10.0. The molecule has 0 aliphatic carbocycles. The molecule has 14 nitrogen and oxygen atoms in total. The Morgan fingerprint density at radius 3 is 1.54 bits per heavy atom. The fraction of sp³-hybridized carbons (Fsp3) is 0.389. The van der Waals surface area contributed by atoms with E-state index in [0.29, 0.717) is 11.6 Å². The molecule has 2 aromatic heterocycles. The molecule has 50 heavy (non-hydrogen) atoms. The van der Waals surface area contributed by atoms with E-state index in [0.717, 1.165) is 40.0 Å². The number of imidazole rings is 2. The van der Waals surface area contributed by atoms with Gasteiger partial charge in [-0.2, -0.15) is 4.89 Å². The average Bonchev–Trinajstić information content (AvgIpc) is 3.80. The number of aromatic nitrogens is 4. The molecule has 0 aliphatic rings. The third-order valence-corrected chi connectivity index (χ3v) is 8.15. The van der Waals surface area contributed by atoms with Gasteiger partial charge in [0.1, 0.15) is 23.7 Å². The number of rotatable bonds is 15. The molecule has 4 rings (SSSR count). The van der Waals surface area contributed by atoms with Crippen LogP contribution in [0.5, 0.6) is 0 Å². The van der Waals surface area contributed by atoms with Crippen LogP contribution in [0, 0.1) is 11.8 Å². The molecule has 0 fully saturated rings. The monoisotopic (exact) mass is 686 g/mol. The van der Waals surface area contributed by atoms with Crippen LogP contribution in [0.25, 0.3) is 33.6 Å². The molecule has 0 radical (unpaired) electrons. The average molecular weight is 687 g/mol. The van der Waals surface area contributed by atoms with E-state index in [1.807, 2.05) is 64.1 Å². The number of methoxy groups -OCH3 is 1. The van der Waals surface area contributed by atoms with Crippen LogP contribution in [0.1, 0.15) is 65.3 Å². The van der Waals surface area contributed by atoms with Crippen LogP contribution in [0.4, 0.5) is 4.79 Å². The van der Waals surface area contributed by atoms with Gasteiger partial charge in [-0.25, -0.2) is 19.8 Å². The largest absolute Gasteiger partial charge is 0.453 e. The summed E-state index contributed by atoms with van der Waals surface area (Å²) in [5, 5.41) is 8.47. The van der Waals surface area contributed by atoms with E-state index in [2.05, 4.69) is 67.5 Å². The maximum absolute atomic E-state index is 12.7. The Bertz CT molecular complexity index is 1750. The van der Waals surface area contributed by atoms with Gasteiger partial charge in [-0.3, -0.25) is 9.59 Å². The molecule has 266 valence electrons. The minimum Gasteiger partial charge on any atom is -0.453 e. The molecule has 2 aromatic carbocycles. The molecule has 0 spiro atoms. The topological polar surface area (TPSA) is 185 Å². The SMILES string of the molecule is COOC=N[C@@H](C)C(=O)N[C@H](c1ncc(-c2ccc(-c3ccc(-c4cnc([C@@H](NC(=O)[C@H](C)NC(=O)OC)C(C)C)[nH]4)cc3)cc2)[nH]1)C(C)C. The van der Waals surface area contributed by atoms with E-state index in [-0.39, 0.29) is 35.7 Å². The number of benzene rings is 2. The van der Waals surface area contributed by atoms with Crippen molar-refractivity contribution in [1.29, 1.82) is 0 Å². The Morgan fingerprint density at radius 2 is 1.12 bits per heavy atom. The van der Waals surface area contributed by atoms with Gasteiger partial charge in [0.15, 0.2) is 0 Å². The predicted octanol–water partition coefficient (Wildman–Crippen LogP) is 5.50. The van der Waals surface area contributed by atoms with Gasteiger partial charge in [0.25, 0.3) is 0 Å². The standard InChI is InChI=1S/C36H46N8O6/c1-20(2)30(43-34(45)22(5)39-19-50-49-8)32-37-17-28(41-32)26-13-9-24(10-14-26)25-11-15-27(16-12-25)29-18-38-33(42-29)31(21(3)4)44-35(46)23(6)40-36(47)48-7/h9-23,30-31H,1-8H3,(H,37,41)(H,38,42)(H,40,47)(H,43,45)(H,44,46)/t22-,23-,30-,31-/m0/s1. The highest BCUT2D eigenvalue weighted by molar-refractivity contribution is 5.85. The van der Waals surface area contributed by atoms with E-state index in [1.165, 1.54) is 14.2 Å². The van der Waals surface area contributed by atoms with Gasteiger partial charge in [-0.1, -0.05) is 76.2 Å². The van der Waals surface area contributed by atoms with Crippen LogP contribution < -0.4 is 16.0 Å². The number of H-pyrrole nitrogens is 2. The third-order valence-electron chi connectivity index (χ3n) is 8.15. The molecule has 14 heteroatoms. The number of alkyl carbamates (subject to hydrolysis) is 1. The summed E-state index contributed by atoms with van der Waals surface area (Å²) in [6.45, 7) is 11.3. The fourth-order valence-electron chi connectivity index (χ4n) is 5.15. The fourth-order valence-corrected chi connectivity index (χ4v) is 5.15. The Morgan fingerprint density at radius 1 is 0.680 bits per heavy atom. The first kappa shape index (κ1) is 37.3. The Balaban J connectivity index is 1.42. The van der Waals surface area contributed by atoms with Crippen molar-refractivity contribution in [2.75, 3.05) is 14.2 Å². The van der Waals surface area contributed by atoms with Gasteiger partial charge in [-0.05, 0) is 47.9 Å². The second-order valence-corrected chi connectivity index (χ2v) is 12.5. The van der Waals surface area contributed by atoms with E-state index in [9.17, 15) is 14.4 Å². The van der Waals surface area contributed by atoms with Crippen LogP contribution in [-0.4, -0.2) is 70.5 Å². The molecule has 4 aromatic rings. The predicted molar refractivity (Wildman–Crippen MR) is 190 cm³/mol. The number of ether oxygens (including phenoxy) is 1. The molecule has 0 saturated carbocycles. The Kier molecular flexibility index (Phi) is 12.9. The molecule has 5 N–H and O–H groups in total. The Labute approximate surface area is 291 Å². The number of carbonyl (C=O) groups is 3. The molecule has 3 amide bonds. The van der Waals surface area contributed by atoms with Gasteiger partial charge in [-0.15, -0.1) is 0 Å². The summed E-state index contributed by atoms with van der Waals surface area (Å²) in [6.07, 6.45) is 3.93. The number of aliphatic imine (C=N–C) groups is 1. The van der Waals surface area contributed by atoms with Gasteiger partial charge in [0, 0.05) is 0 Å². The summed E-state index contributed by atoms with van der Waals surface area (Å²) in [6, 6.07) is 14.1. The minimum absolute atomic E-state index is 0.0378. The lowest BCUT2D eigenvalue weighted by Gasteiger charge is -2.22. The minimum atomic E-state index is -0.772. The third kappa shape index (κ3) is 9.56. The van der Waals surface area contributed by atoms with Crippen LogP contribution in [0.2, 0.25) is 0 Å². The van der Waals surface area contributed by atoms with Crippen molar-refractivity contribution in [2.24, 2.45) is 16.8 Å². The van der Waals surface area contributed by atoms with Crippen molar-refractivity contribution in [3.63, 3.8) is 0 Å². The highest BCUT2D eigenvalue weighted by atomic mass is 17.2. The molecule has 0 bridgehead atoms. The number of hydrogen-bond acceptors (Lipinski definition) is 9. The summed E-state index contributed by atoms with van der Waals surface area (Å²) in [7, 11) is 2.61. The van der Waals surface area contributed by atoms with E-state index in [4.69, 9.17) is 0 Å². The van der Waals surface area contributed by atoms with E-state index < -0.39 is 18.2 Å². The maximum Gasteiger partial charge on any atom is 0.407 e. The van der Waals surface area contributed by atoms with Crippen molar-refractivity contribution >= 4 is 24.3 Å². The second-order valence-electron chi connectivity index (χ2n) is 12.5. The van der Waals surface area contributed by atoms with E-state index >= 15 is 0 Å². The number of amides is 3. The maximum atomic E-state index is 12.7. The van der Waals surface area contributed by atoms with Crippen molar-refractivity contribution in [3.8, 4) is 33.6 Å². The van der Waals surface area contributed by atoms with Gasteiger partial charge in [0.05, 0.1) is 50.1 Å². The first-order chi connectivity index (χ1) is 23.9. The number of carbonyl (C=O) groups excluding carboxylic acids is 3. The lowest BCUT2D eigenvalue weighted by molar-refractivity contribution is -0.188. The Hall–Kier alpha value is -5.50. The quantitative estimate of drug-likeness (QED) is 0.0470. The second kappa shape index (κ2) is 17.2. The molecular weight excluding hydrogens is 640 g/mol. The van der Waals surface area contributed by atoms with Crippen molar-refractivity contribution in [2.45, 2.75) is 65.7 Å². The number of aromatic amines is 2. The van der Waals surface area contributed by atoms with Gasteiger partial charge >= 0.3 is 6.09 Å². The highest BCUT2D eigenvalue weighted by Gasteiger charge is 2.26. The lowest BCUT2D eigenvalue weighted by Crippen LogP contribution is -2.46. The summed E-state index contributed by atoms with van der Waals surface area (Å²) in [4.78, 5) is 65.9. The summed E-state index contributed by atoms with van der Waals surface area (Å²) in [5.41, 5.74) is 5.64. The van der Waals surface area contributed by atoms with E-state index in [1.54, 1.807) is 26.2 Å². The first-order valence-electron chi connectivity index (χ1n) is 16.4. The smallest absolute Gasteiger partial charge is 0.407 e. The first-order valence-corrected chi connectivity index (χ1v) is 16.4. The van der Waals surface area contributed by atoms with Gasteiger partial charge in [0.2, 0.25) is 18.2 Å². The molecule has 0 unspecified atom stereocenters. The molecular formula is C36H46N8O6. The summed E-state index contributed by atoms with van der Waals surface area (Å²) in [5.74, 6) is 0.786. The molecule has 4 atom stereocenters. The number of nitrogens with zero attached hydrogens (tertiary/aromatic N) is 3. The van der Waals surface area contributed by atoms with Crippen molar-refractivity contribution in [1.82, 2.24) is 35.9 Å². The van der Waals surface area contributed by atoms with Crippen LogP contribution in [0.3, 0.4) is 0 Å². The van der Waals surface area contributed by atoms with Crippen LogP contribution >= 0.6 is 0 Å². The summed E-state index contributed by atoms with van der Waals surface area (Å²) >= 11 is 0. The molecule has 0 aliphatic heterocycles. The number of hydrogen-bond donors (Lipinski definition) is 5. The zero-order valence-corrected chi connectivity index (χ0v) is 29.6. The number of nitrogens with one attached hydrogen (secondary N) is 5. The van der Waals surface area contributed by atoms with Crippen molar-refractivity contribution in [3.05, 3.63) is 72.6 Å². The van der Waals surface area contributed by atoms with Crippen LogP contribution in [-0.2, 0) is 24.1 Å². The summed E-state index contributed by atoms with van der Waals surface area (Å²) < 4.78 is 4.59. The zero-order chi connectivity index (χ0) is 36.4. The van der Waals surface area contributed by atoms with Crippen LogP contribution in [0.15, 0.2) is 65.9 Å². The van der Waals surface area contributed by atoms with Gasteiger partial charge < -0.3 is 35.5 Å². The molecule has 0 saturated heterocycles. The zero-order valence-electron chi connectivity index (χ0n) is 29.6.